The monoisotopic (exact) mass is 387 g/mol. The third kappa shape index (κ3) is 5.86. The first-order valence-electron chi connectivity index (χ1n) is 7.90. The summed E-state index contributed by atoms with van der Waals surface area (Å²) < 4.78 is 2.05. The molecular weight excluding hydrogens is 370 g/mol. The van der Waals surface area contributed by atoms with Crippen LogP contribution in [0.1, 0.15) is 5.56 Å². The smallest absolute Gasteiger partial charge is 0.414 e. The molecule has 3 rings (SSSR count). The molecule has 7 nitrogen and oxygen atoms in total. The number of hydrogen-bond acceptors (Lipinski definition) is 4. The van der Waals surface area contributed by atoms with Crippen LogP contribution in [0.3, 0.4) is 0 Å². The number of carbonyl (C=O) groups is 2. The summed E-state index contributed by atoms with van der Waals surface area (Å²) in [6, 6.07) is 18.1. The average molecular weight is 388 g/mol. The van der Waals surface area contributed by atoms with E-state index in [-0.39, 0.29) is 0 Å². The minimum Gasteiger partial charge on any atom is -0.473 e. The van der Waals surface area contributed by atoms with Gasteiger partial charge in [-0.25, -0.2) is 14.6 Å². The topological polar surface area (TPSA) is 104 Å². The number of nitrogens with one attached hydrogen (secondary N) is 1. The van der Waals surface area contributed by atoms with Gasteiger partial charge in [0.1, 0.15) is 0 Å². The second-order valence-electron chi connectivity index (χ2n) is 5.48. The van der Waals surface area contributed by atoms with Gasteiger partial charge >= 0.3 is 11.9 Å². The molecule has 0 saturated carbocycles. The summed E-state index contributed by atoms with van der Waals surface area (Å²) in [6.45, 7) is 0.756. The Balaban J connectivity index is 0.000000380. The first-order chi connectivity index (χ1) is 12.9. The standard InChI is InChI=1S/C17H16ClN3.C2H2O4/c1-21-16(14-7-9-15(18)10-8-14)12-20-17(21)19-11-13-5-3-2-4-6-13;3-1(4)2(5)6/h2-10,12H,11H2,1H3,(H,19,20);(H,3,4)(H,5,6). The highest BCUT2D eigenvalue weighted by molar-refractivity contribution is 6.30. The summed E-state index contributed by atoms with van der Waals surface area (Å²) in [7, 11) is 2.00. The lowest BCUT2D eigenvalue weighted by atomic mass is 10.2. The Bertz CT molecular complexity index is 896. The zero-order chi connectivity index (χ0) is 19.8. The Morgan fingerprint density at radius 3 is 2.19 bits per heavy atom. The molecule has 0 fully saturated rings. The third-order valence-electron chi connectivity index (χ3n) is 3.60. The normalized spacial score (nSPS) is 9.85. The highest BCUT2D eigenvalue weighted by atomic mass is 35.5. The quantitative estimate of drug-likeness (QED) is 0.592. The van der Waals surface area contributed by atoms with E-state index in [0.29, 0.717) is 0 Å². The SMILES string of the molecule is Cn1c(-c2ccc(Cl)cc2)cnc1NCc1ccccc1.O=C(O)C(=O)O. The molecule has 8 heteroatoms. The molecule has 0 atom stereocenters. The van der Waals surface area contributed by atoms with Crippen molar-refractivity contribution < 1.29 is 19.8 Å². The number of hydrogen-bond donors (Lipinski definition) is 3. The number of anilines is 1. The predicted octanol–water partition coefficient (Wildman–Crippen LogP) is 3.51. The van der Waals surface area contributed by atoms with Gasteiger partial charge in [-0.15, -0.1) is 0 Å². The lowest BCUT2D eigenvalue weighted by Gasteiger charge is -2.08. The molecule has 3 aromatic rings. The first-order valence-corrected chi connectivity index (χ1v) is 8.28. The van der Waals surface area contributed by atoms with Crippen molar-refractivity contribution in [3.8, 4) is 11.3 Å². The zero-order valence-electron chi connectivity index (χ0n) is 14.5. The third-order valence-corrected chi connectivity index (χ3v) is 3.86. The van der Waals surface area contributed by atoms with Crippen molar-refractivity contribution in [2.45, 2.75) is 6.54 Å². The van der Waals surface area contributed by atoms with Crippen molar-refractivity contribution in [1.82, 2.24) is 9.55 Å². The fraction of sp³-hybridized carbons (Fsp3) is 0.105. The number of rotatable bonds is 4. The molecule has 1 heterocycles. The second-order valence-corrected chi connectivity index (χ2v) is 5.92. The van der Waals surface area contributed by atoms with Crippen LogP contribution in [0.25, 0.3) is 11.3 Å². The predicted molar refractivity (Wildman–Crippen MR) is 103 cm³/mol. The maximum atomic E-state index is 9.10. The van der Waals surface area contributed by atoms with Crippen LogP contribution in [-0.4, -0.2) is 31.7 Å². The van der Waals surface area contributed by atoms with Crippen molar-refractivity contribution >= 4 is 29.5 Å². The Kier molecular flexibility index (Phi) is 6.96. The van der Waals surface area contributed by atoms with Crippen molar-refractivity contribution in [2.24, 2.45) is 7.05 Å². The number of aromatic nitrogens is 2. The molecule has 0 bridgehead atoms. The van der Waals surface area contributed by atoms with Crippen LogP contribution in [0.5, 0.6) is 0 Å². The van der Waals surface area contributed by atoms with Crippen LogP contribution < -0.4 is 5.32 Å². The average Bonchev–Trinajstić information content (AvgIpc) is 3.02. The van der Waals surface area contributed by atoms with Crippen molar-refractivity contribution in [3.63, 3.8) is 0 Å². The molecule has 0 amide bonds. The molecule has 0 radical (unpaired) electrons. The van der Waals surface area contributed by atoms with Gasteiger partial charge in [0.25, 0.3) is 0 Å². The van der Waals surface area contributed by atoms with E-state index in [1.165, 1.54) is 5.56 Å². The molecule has 0 aliphatic carbocycles. The minimum absolute atomic E-state index is 0.739. The second kappa shape index (κ2) is 9.40. The van der Waals surface area contributed by atoms with E-state index in [1.54, 1.807) is 0 Å². The van der Waals surface area contributed by atoms with Gasteiger partial charge in [0, 0.05) is 18.6 Å². The lowest BCUT2D eigenvalue weighted by Crippen LogP contribution is -2.09. The Labute approximate surface area is 160 Å². The van der Waals surface area contributed by atoms with Gasteiger partial charge < -0.3 is 20.1 Å². The summed E-state index contributed by atoms with van der Waals surface area (Å²) in [5.41, 5.74) is 3.39. The minimum atomic E-state index is -1.82. The fourth-order valence-electron chi connectivity index (χ4n) is 2.24. The van der Waals surface area contributed by atoms with Gasteiger partial charge in [-0.05, 0) is 23.3 Å². The van der Waals surface area contributed by atoms with E-state index >= 15 is 0 Å². The van der Waals surface area contributed by atoms with Crippen molar-refractivity contribution in [1.29, 1.82) is 0 Å². The van der Waals surface area contributed by atoms with Crippen molar-refractivity contribution in [3.05, 3.63) is 71.4 Å². The fourth-order valence-corrected chi connectivity index (χ4v) is 2.37. The van der Waals surface area contributed by atoms with E-state index in [2.05, 4.69) is 22.4 Å². The highest BCUT2D eigenvalue weighted by Crippen LogP contribution is 2.23. The molecule has 0 saturated heterocycles. The van der Waals surface area contributed by atoms with Gasteiger partial charge in [-0.3, -0.25) is 0 Å². The number of aliphatic carboxylic acids is 2. The van der Waals surface area contributed by atoms with Crippen LogP contribution in [0.2, 0.25) is 5.02 Å². The molecule has 27 heavy (non-hydrogen) atoms. The van der Waals surface area contributed by atoms with Crippen LogP contribution >= 0.6 is 11.6 Å². The van der Waals surface area contributed by atoms with Crippen LogP contribution in [-0.2, 0) is 23.2 Å². The van der Waals surface area contributed by atoms with E-state index in [4.69, 9.17) is 31.4 Å². The molecule has 1 aromatic heterocycles. The van der Waals surface area contributed by atoms with Crippen LogP contribution in [0.15, 0.2) is 60.8 Å². The first kappa shape index (κ1) is 20.0. The van der Waals surface area contributed by atoms with Gasteiger partial charge in [-0.1, -0.05) is 54.1 Å². The Morgan fingerprint density at radius 2 is 1.63 bits per heavy atom. The largest absolute Gasteiger partial charge is 0.473 e. The van der Waals surface area contributed by atoms with Gasteiger partial charge in [-0.2, -0.15) is 0 Å². The summed E-state index contributed by atoms with van der Waals surface area (Å²) in [6.07, 6.45) is 1.87. The molecule has 0 aliphatic rings. The summed E-state index contributed by atoms with van der Waals surface area (Å²) in [5.74, 6) is -2.80. The molecule has 140 valence electrons. The maximum absolute atomic E-state index is 9.10. The van der Waals surface area contributed by atoms with Gasteiger partial charge in [0.2, 0.25) is 5.95 Å². The Hall–Kier alpha value is -3.32. The maximum Gasteiger partial charge on any atom is 0.414 e. The van der Waals surface area contributed by atoms with E-state index in [0.717, 1.165) is 28.8 Å². The van der Waals surface area contributed by atoms with Gasteiger partial charge in [0.05, 0.1) is 11.9 Å². The summed E-state index contributed by atoms with van der Waals surface area (Å²) in [4.78, 5) is 22.6. The van der Waals surface area contributed by atoms with E-state index in [1.807, 2.05) is 60.3 Å². The number of imidazole rings is 1. The highest BCUT2D eigenvalue weighted by Gasteiger charge is 2.08. The number of carboxylic acid groups (broad SMARTS) is 2. The summed E-state index contributed by atoms with van der Waals surface area (Å²) >= 11 is 5.93. The zero-order valence-corrected chi connectivity index (χ0v) is 15.2. The van der Waals surface area contributed by atoms with Crippen molar-refractivity contribution in [2.75, 3.05) is 5.32 Å². The van der Waals surface area contributed by atoms with E-state index in [9.17, 15) is 0 Å². The van der Waals surface area contributed by atoms with Crippen LogP contribution in [0, 0.1) is 0 Å². The molecule has 0 spiro atoms. The summed E-state index contributed by atoms with van der Waals surface area (Å²) in [5, 5.41) is 18.9. The molecule has 0 unspecified atom stereocenters. The number of halogens is 1. The number of nitrogens with zero attached hydrogens (tertiary/aromatic N) is 2. The van der Waals surface area contributed by atoms with Crippen LogP contribution in [0.4, 0.5) is 5.95 Å². The molecular formula is C19H18ClN3O4. The number of carboxylic acids is 2. The molecule has 0 aliphatic heterocycles. The number of benzene rings is 2. The lowest BCUT2D eigenvalue weighted by molar-refractivity contribution is -0.159. The Morgan fingerprint density at radius 1 is 1.04 bits per heavy atom. The molecule has 3 N–H and O–H groups in total. The van der Waals surface area contributed by atoms with E-state index < -0.39 is 11.9 Å². The van der Waals surface area contributed by atoms with Gasteiger partial charge in [0.15, 0.2) is 0 Å². The molecule has 2 aromatic carbocycles.